The summed E-state index contributed by atoms with van der Waals surface area (Å²) in [6, 6.07) is 1.52. The fourth-order valence-corrected chi connectivity index (χ4v) is 2.13. The molecule has 3 rings (SSSR count). The number of carboxylic acid groups (broad SMARTS) is 1. The Labute approximate surface area is 95.6 Å². The molecule has 7 nitrogen and oxygen atoms in total. The lowest BCUT2D eigenvalue weighted by Crippen LogP contribution is -2.18. The highest BCUT2D eigenvalue weighted by atomic mass is 16.4. The lowest BCUT2D eigenvalue weighted by molar-refractivity contribution is 0.0663. The maximum Gasteiger partial charge on any atom is 0.371 e. The zero-order chi connectivity index (χ0) is 12.0. The summed E-state index contributed by atoms with van der Waals surface area (Å²) in [6.45, 7) is 0.415. The predicted molar refractivity (Wildman–Crippen MR) is 56.5 cm³/mol. The molecule has 7 heteroatoms. The van der Waals surface area contributed by atoms with Gasteiger partial charge in [0.1, 0.15) is 0 Å². The molecule has 0 bridgehead atoms. The van der Waals surface area contributed by atoms with Gasteiger partial charge in [0.15, 0.2) is 11.5 Å². The van der Waals surface area contributed by atoms with E-state index in [4.69, 9.17) is 15.3 Å². The zero-order valence-electron chi connectivity index (χ0n) is 8.80. The van der Waals surface area contributed by atoms with Crippen molar-refractivity contribution in [1.82, 2.24) is 15.4 Å². The van der Waals surface area contributed by atoms with Crippen LogP contribution in [0.2, 0.25) is 0 Å². The Morgan fingerprint density at radius 1 is 1.65 bits per heavy atom. The average Bonchev–Trinajstić information content (AvgIpc) is 2.92. The van der Waals surface area contributed by atoms with E-state index in [1.807, 2.05) is 0 Å². The fourth-order valence-electron chi connectivity index (χ4n) is 2.13. The monoisotopic (exact) mass is 234 g/mol. The molecular weight excluding hydrogens is 224 g/mol. The molecule has 1 atom stereocenters. The second-order valence-corrected chi connectivity index (χ2v) is 3.96. The maximum atomic E-state index is 10.9. The van der Waals surface area contributed by atoms with Crippen molar-refractivity contribution < 1.29 is 14.3 Å². The van der Waals surface area contributed by atoms with E-state index >= 15 is 0 Å². The summed E-state index contributed by atoms with van der Waals surface area (Å²) in [5.74, 6) is -0.697. The fraction of sp³-hybridized carbons (Fsp3) is 0.300. The van der Waals surface area contributed by atoms with Gasteiger partial charge in [0, 0.05) is 17.9 Å². The Hall–Kier alpha value is -2.15. The first-order valence-corrected chi connectivity index (χ1v) is 5.17. The third kappa shape index (κ3) is 1.36. The number of rotatable bonds is 2. The number of nitrogens with two attached hydrogens (primary N) is 1. The van der Waals surface area contributed by atoms with E-state index in [0.717, 1.165) is 11.3 Å². The average molecular weight is 234 g/mol. The van der Waals surface area contributed by atoms with Gasteiger partial charge in [-0.15, -0.1) is 0 Å². The normalized spacial score (nSPS) is 17.6. The first-order valence-electron chi connectivity index (χ1n) is 5.17. The van der Waals surface area contributed by atoms with E-state index in [1.165, 1.54) is 6.07 Å². The molecule has 1 unspecified atom stereocenters. The van der Waals surface area contributed by atoms with Gasteiger partial charge in [-0.05, 0) is 12.6 Å². The largest absolute Gasteiger partial charge is 0.475 e. The number of hydrogen-bond acceptors (Lipinski definition) is 5. The standard InChI is InChI=1S/C10H10N4O3/c11-3-4-1-6-8(13-14-12-6)9-5(4)2-7(17-9)10(15)16/h2,4H,1,3,11H2,(H,15,16)(H,12,13,14). The van der Waals surface area contributed by atoms with Gasteiger partial charge in [0.2, 0.25) is 5.76 Å². The highest BCUT2D eigenvalue weighted by molar-refractivity contribution is 5.86. The number of H-pyrrole nitrogens is 1. The van der Waals surface area contributed by atoms with Crippen molar-refractivity contribution >= 4 is 5.97 Å². The van der Waals surface area contributed by atoms with Crippen LogP contribution in [0, 0.1) is 0 Å². The van der Waals surface area contributed by atoms with Gasteiger partial charge in [-0.2, -0.15) is 15.4 Å². The number of furan rings is 1. The minimum Gasteiger partial charge on any atom is -0.475 e. The van der Waals surface area contributed by atoms with Gasteiger partial charge in [-0.3, -0.25) is 0 Å². The van der Waals surface area contributed by atoms with Crippen molar-refractivity contribution in [3.8, 4) is 11.5 Å². The maximum absolute atomic E-state index is 10.9. The third-order valence-electron chi connectivity index (χ3n) is 2.97. The molecule has 4 N–H and O–H groups in total. The molecule has 17 heavy (non-hydrogen) atoms. The second-order valence-electron chi connectivity index (χ2n) is 3.96. The molecule has 2 aromatic heterocycles. The summed E-state index contributed by atoms with van der Waals surface area (Å²) in [6.07, 6.45) is 0.647. The van der Waals surface area contributed by atoms with Crippen LogP contribution in [0.15, 0.2) is 10.5 Å². The van der Waals surface area contributed by atoms with Crippen molar-refractivity contribution in [2.75, 3.05) is 6.54 Å². The minimum atomic E-state index is -1.10. The SMILES string of the molecule is NCC1Cc2n[nH]nc2-c2oc(C(=O)O)cc21. The minimum absolute atomic E-state index is 0.0273. The van der Waals surface area contributed by atoms with E-state index in [2.05, 4.69) is 15.4 Å². The summed E-state index contributed by atoms with van der Waals surface area (Å²) in [7, 11) is 0. The van der Waals surface area contributed by atoms with Crippen LogP contribution >= 0.6 is 0 Å². The highest BCUT2D eigenvalue weighted by Crippen LogP contribution is 2.39. The third-order valence-corrected chi connectivity index (χ3v) is 2.97. The lowest BCUT2D eigenvalue weighted by atomic mass is 9.88. The Morgan fingerprint density at radius 3 is 3.18 bits per heavy atom. The van der Waals surface area contributed by atoms with Crippen LogP contribution in [0.1, 0.15) is 27.7 Å². The van der Waals surface area contributed by atoms with Crippen LogP contribution in [0.3, 0.4) is 0 Å². The predicted octanol–water partition coefficient (Wildman–Crippen LogP) is 0.361. The van der Waals surface area contributed by atoms with Crippen LogP contribution in [0.25, 0.3) is 11.5 Å². The number of carboxylic acids is 1. The first-order chi connectivity index (χ1) is 8.20. The summed E-state index contributed by atoms with van der Waals surface area (Å²) in [5.41, 5.74) is 7.82. The summed E-state index contributed by atoms with van der Waals surface area (Å²) in [5, 5.41) is 19.4. The molecule has 0 saturated carbocycles. The Morgan fingerprint density at radius 2 is 2.47 bits per heavy atom. The quantitative estimate of drug-likeness (QED) is 0.690. The molecule has 0 amide bonds. The van der Waals surface area contributed by atoms with Crippen LogP contribution in [0.4, 0.5) is 0 Å². The van der Waals surface area contributed by atoms with E-state index in [1.54, 1.807) is 0 Å². The van der Waals surface area contributed by atoms with Crippen LogP contribution in [0.5, 0.6) is 0 Å². The topological polar surface area (TPSA) is 118 Å². The van der Waals surface area contributed by atoms with Gasteiger partial charge in [-0.1, -0.05) is 0 Å². The van der Waals surface area contributed by atoms with E-state index < -0.39 is 5.97 Å². The van der Waals surface area contributed by atoms with Crippen molar-refractivity contribution in [3.63, 3.8) is 0 Å². The van der Waals surface area contributed by atoms with E-state index in [9.17, 15) is 4.79 Å². The number of nitrogens with zero attached hydrogens (tertiary/aromatic N) is 2. The molecule has 0 radical (unpaired) electrons. The van der Waals surface area contributed by atoms with Crippen LogP contribution in [-0.2, 0) is 6.42 Å². The van der Waals surface area contributed by atoms with Crippen LogP contribution in [-0.4, -0.2) is 33.0 Å². The number of fused-ring (bicyclic) bond motifs is 3. The lowest BCUT2D eigenvalue weighted by Gasteiger charge is -2.17. The van der Waals surface area contributed by atoms with E-state index in [0.29, 0.717) is 24.4 Å². The molecule has 0 aliphatic heterocycles. The Kier molecular flexibility index (Phi) is 2.02. The van der Waals surface area contributed by atoms with Gasteiger partial charge in [0.05, 0.1) is 5.69 Å². The molecule has 1 aliphatic rings. The molecule has 2 heterocycles. The molecule has 0 spiro atoms. The number of aromatic nitrogens is 3. The van der Waals surface area contributed by atoms with Gasteiger partial charge in [0.25, 0.3) is 0 Å². The van der Waals surface area contributed by atoms with Gasteiger partial charge >= 0.3 is 5.97 Å². The van der Waals surface area contributed by atoms with Gasteiger partial charge < -0.3 is 15.3 Å². The number of aromatic amines is 1. The number of aromatic carboxylic acids is 1. The number of hydrogen-bond donors (Lipinski definition) is 3. The van der Waals surface area contributed by atoms with Crippen molar-refractivity contribution in [3.05, 3.63) is 23.1 Å². The molecule has 0 saturated heterocycles. The number of nitrogens with one attached hydrogen (secondary N) is 1. The molecular formula is C10H10N4O3. The van der Waals surface area contributed by atoms with Crippen molar-refractivity contribution in [1.29, 1.82) is 0 Å². The summed E-state index contributed by atoms with van der Waals surface area (Å²) < 4.78 is 5.31. The summed E-state index contributed by atoms with van der Waals surface area (Å²) >= 11 is 0. The molecule has 1 aliphatic carbocycles. The van der Waals surface area contributed by atoms with Gasteiger partial charge in [-0.25, -0.2) is 4.79 Å². The van der Waals surface area contributed by atoms with Crippen molar-refractivity contribution in [2.24, 2.45) is 5.73 Å². The summed E-state index contributed by atoms with van der Waals surface area (Å²) in [4.78, 5) is 10.9. The molecule has 0 fully saturated rings. The second kappa shape index (κ2) is 3.42. The molecule has 0 aromatic carbocycles. The highest BCUT2D eigenvalue weighted by Gasteiger charge is 2.32. The van der Waals surface area contributed by atoms with Crippen LogP contribution < -0.4 is 5.73 Å². The Balaban J connectivity index is 2.20. The first kappa shape index (κ1) is 10.0. The molecule has 2 aromatic rings. The zero-order valence-corrected chi connectivity index (χ0v) is 8.80. The van der Waals surface area contributed by atoms with E-state index in [-0.39, 0.29) is 11.7 Å². The van der Waals surface area contributed by atoms with Crippen molar-refractivity contribution in [2.45, 2.75) is 12.3 Å². The smallest absolute Gasteiger partial charge is 0.371 e. The molecule has 88 valence electrons. The Bertz CT molecular complexity index is 586. The number of carbonyl (C=O) groups is 1.